The molecule has 2 aliphatic rings. The zero-order chi connectivity index (χ0) is 23.3. The summed E-state index contributed by atoms with van der Waals surface area (Å²) >= 11 is 6.59. The Balaban J connectivity index is 1.39. The van der Waals surface area contributed by atoms with Crippen molar-refractivity contribution >= 4 is 34.3 Å². The third-order valence-electron chi connectivity index (χ3n) is 6.99. The number of halogens is 2. The second kappa shape index (κ2) is 8.47. The number of benzene rings is 1. The van der Waals surface area contributed by atoms with E-state index in [-0.39, 0.29) is 12.5 Å². The third kappa shape index (κ3) is 4.07. The molecule has 0 bridgehead atoms. The van der Waals surface area contributed by atoms with Crippen molar-refractivity contribution in [1.82, 2.24) is 24.6 Å². The summed E-state index contributed by atoms with van der Waals surface area (Å²) in [7, 11) is 1.85. The Kier molecular flexibility index (Phi) is 5.76. The highest BCUT2D eigenvalue weighted by atomic mass is 35.5. The van der Waals surface area contributed by atoms with Crippen LogP contribution in [-0.4, -0.2) is 73.9 Å². The lowest BCUT2D eigenvalue weighted by Gasteiger charge is -2.45. The largest absolute Gasteiger partial charge is 0.389 e. The molecule has 2 saturated heterocycles. The van der Waals surface area contributed by atoms with Gasteiger partial charge in [-0.3, -0.25) is 9.58 Å². The first-order valence-electron chi connectivity index (χ1n) is 11.1. The predicted molar refractivity (Wildman–Crippen MR) is 125 cm³/mol. The summed E-state index contributed by atoms with van der Waals surface area (Å²) in [6.45, 7) is 5.44. The van der Waals surface area contributed by atoms with Gasteiger partial charge in [0.2, 0.25) is 5.95 Å². The minimum Gasteiger partial charge on any atom is -0.389 e. The number of alkyl halides is 1. The van der Waals surface area contributed by atoms with Gasteiger partial charge in [-0.15, -0.1) is 0 Å². The van der Waals surface area contributed by atoms with Gasteiger partial charge in [-0.05, 0) is 44.5 Å². The van der Waals surface area contributed by atoms with Crippen LogP contribution in [0.4, 0.5) is 16.2 Å². The number of likely N-dealkylation sites (tertiary alicyclic amines) is 1. The summed E-state index contributed by atoms with van der Waals surface area (Å²) in [6, 6.07) is 5.59. The van der Waals surface area contributed by atoms with Crippen molar-refractivity contribution in [3.05, 3.63) is 40.7 Å². The molecule has 4 atom stereocenters. The van der Waals surface area contributed by atoms with Gasteiger partial charge in [0.05, 0.1) is 36.1 Å². The highest BCUT2D eigenvalue weighted by Crippen LogP contribution is 2.39. The maximum atomic E-state index is 15.5. The Labute approximate surface area is 196 Å². The molecule has 33 heavy (non-hydrogen) atoms. The normalized spacial score (nSPS) is 28.5. The van der Waals surface area contributed by atoms with Gasteiger partial charge in [-0.25, -0.2) is 14.4 Å². The summed E-state index contributed by atoms with van der Waals surface area (Å²) in [4.78, 5) is 11.0. The molecule has 0 saturated carbocycles. The lowest BCUT2D eigenvalue weighted by Crippen LogP contribution is -2.58. The number of aliphatic hydroxyl groups excluding tert-OH is 1. The fourth-order valence-corrected chi connectivity index (χ4v) is 5.24. The van der Waals surface area contributed by atoms with Crippen LogP contribution in [0.1, 0.15) is 30.5 Å². The van der Waals surface area contributed by atoms with E-state index in [0.717, 1.165) is 22.5 Å². The number of hydrogen-bond donors (Lipinski definition) is 2. The highest BCUT2D eigenvalue weighted by molar-refractivity contribution is 6.32. The monoisotopic (exact) mass is 474 g/mol. The van der Waals surface area contributed by atoms with Gasteiger partial charge in [0.15, 0.2) is 0 Å². The Morgan fingerprint density at radius 3 is 2.82 bits per heavy atom. The molecule has 10 heteroatoms. The lowest BCUT2D eigenvalue weighted by molar-refractivity contribution is -0.0237. The summed E-state index contributed by atoms with van der Waals surface area (Å²) in [5, 5.41) is 19.2. The highest BCUT2D eigenvalue weighted by Gasteiger charge is 2.47. The number of aryl methyl sites for hydroxylation is 2. The summed E-state index contributed by atoms with van der Waals surface area (Å²) in [5.41, 5.74) is 1.79. The molecule has 0 amide bonds. The van der Waals surface area contributed by atoms with E-state index in [0.29, 0.717) is 42.7 Å². The number of aliphatic hydroxyl groups is 1. The Bertz CT molecular complexity index is 1190. The van der Waals surface area contributed by atoms with Crippen LogP contribution in [-0.2, 0) is 11.8 Å². The van der Waals surface area contributed by atoms with Crippen LogP contribution >= 0.6 is 11.6 Å². The van der Waals surface area contributed by atoms with Crippen molar-refractivity contribution in [2.75, 3.05) is 31.6 Å². The summed E-state index contributed by atoms with van der Waals surface area (Å²) in [5.74, 6) is 0.879. The fraction of sp³-hybridized carbons (Fsp3) is 0.522. The summed E-state index contributed by atoms with van der Waals surface area (Å²) < 4.78 is 22.6. The Hall–Kier alpha value is -2.33. The number of aromatic nitrogens is 4. The molecule has 2 aliphatic heterocycles. The van der Waals surface area contributed by atoms with Crippen LogP contribution in [0.25, 0.3) is 10.9 Å². The number of anilines is 2. The smallest absolute Gasteiger partial charge is 0.228 e. The van der Waals surface area contributed by atoms with Gasteiger partial charge < -0.3 is 15.2 Å². The maximum absolute atomic E-state index is 15.5. The van der Waals surface area contributed by atoms with Gasteiger partial charge in [0, 0.05) is 42.2 Å². The Morgan fingerprint density at radius 2 is 2.15 bits per heavy atom. The summed E-state index contributed by atoms with van der Waals surface area (Å²) in [6.07, 6.45) is 0.576. The second-order valence-corrected chi connectivity index (χ2v) is 9.70. The maximum Gasteiger partial charge on any atom is 0.228 e. The van der Waals surface area contributed by atoms with Gasteiger partial charge in [0.1, 0.15) is 12.0 Å². The molecule has 5 rings (SSSR count). The van der Waals surface area contributed by atoms with Crippen LogP contribution in [0.15, 0.2) is 24.4 Å². The molecule has 0 aliphatic carbocycles. The molecule has 4 heterocycles. The zero-order valence-electron chi connectivity index (χ0n) is 18.9. The lowest BCUT2D eigenvalue weighted by atomic mass is 9.84. The van der Waals surface area contributed by atoms with Crippen molar-refractivity contribution in [2.24, 2.45) is 7.05 Å². The SMILES string of the molecule is Cc1cc(Nc2ncc3cc(Cl)c(C4CCN([C@]5(C)COCC5O)CC4F)cc3n2)n(C)n1. The predicted octanol–water partition coefficient (Wildman–Crippen LogP) is 3.35. The number of ether oxygens (including phenoxy) is 1. The fourth-order valence-electron chi connectivity index (χ4n) is 4.93. The van der Waals surface area contributed by atoms with Crippen molar-refractivity contribution < 1.29 is 14.2 Å². The number of nitrogens with zero attached hydrogens (tertiary/aromatic N) is 5. The van der Waals surface area contributed by atoms with E-state index >= 15 is 4.39 Å². The number of rotatable bonds is 4. The topological polar surface area (TPSA) is 88.3 Å². The molecule has 0 radical (unpaired) electrons. The minimum atomic E-state index is -1.12. The number of hydrogen-bond acceptors (Lipinski definition) is 7. The molecular formula is C23H28ClFN6O2. The van der Waals surface area contributed by atoms with Gasteiger partial charge >= 0.3 is 0 Å². The van der Waals surface area contributed by atoms with E-state index in [2.05, 4.69) is 20.4 Å². The quantitative estimate of drug-likeness (QED) is 0.599. The first kappa shape index (κ1) is 22.5. The first-order valence-corrected chi connectivity index (χ1v) is 11.5. The molecule has 2 N–H and O–H groups in total. The van der Waals surface area contributed by atoms with Crippen molar-refractivity contribution in [3.63, 3.8) is 0 Å². The van der Waals surface area contributed by atoms with E-state index < -0.39 is 17.8 Å². The molecule has 3 unspecified atom stereocenters. The first-order chi connectivity index (χ1) is 15.7. The van der Waals surface area contributed by atoms with Crippen LogP contribution < -0.4 is 5.32 Å². The molecule has 0 spiro atoms. The van der Waals surface area contributed by atoms with Gasteiger partial charge in [-0.1, -0.05) is 11.6 Å². The molecular weight excluding hydrogens is 447 g/mol. The number of piperidine rings is 1. The number of nitrogens with one attached hydrogen (secondary N) is 1. The average Bonchev–Trinajstić information content (AvgIpc) is 3.28. The molecule has 176 valence electrons. The van der Waals surface area contributed by atoms with Crippen LogP contribution in [0.5, 0.6) is 0 Å². The molecule has 1 aromatic carbocycles. The van der Waals surface area contributed by atoms with Crippen molar-refractivity contribution in [3.8, 4) is 0 Å². The van der Waals surface area contributed by atoms with E-state index in [1.165, 1.54) is 0 Å². The van der Waals surface area contributed by atoms with Gasteiger partial charge in [0.25, 0.3) is 0 Å². The zero-order valence-corrected chi connectivity index (χ0v) is 19.7. The molecule has 8 nitrogen and oxygen atoms in total. The van der Waals surface area contributed by atoms with E-state index in [4.69, 9.17) is 16.3 Å². The number of fused-ring (bicyclic) bond motifs is 1. The van der Waals surface area contributed by atoms with Crippen molar-refractivity contribution in [2.45, 2.75) is 44.0 Å². The van der Waals surface area contributed by atoms with E-state index in [1.807, 2.05) is 37.9 Å². The second-order valence-electron chi connectivity index (χ2n) is 9.29. The van der Waals surface area contributed by atoms with E-state index in [1.54, 1.807) is 16.9 Å². The Morgan fingerprint density at radius 1 is 1.33 bits per heavy atom. The van der Waals surface area contributed by atoms with Gasteiger partial charge in [-0.2, -0.15) is 5.10 Å². The van der Waals surface area contributed by atoms with E-state index in [9.17, 15) is 5.11 Å². The average molecular weight is 475 g/mol. The molecule has 2 fully saturated rings. The standard InChI is InChI=1S/C23H28ClFN6O2/c1-13-6-21(30(3)29-13)28-22-26-9-14-7-17(24)16(8-19(14)27-22)15-4-5-31(10-18(15)25)23(2)12-33-11-20(23)32/h6-9,15,18,20,32H,4-5,10-12H2,1-3H3,(H,26,27,28)/t15?,18?,20?,23-/m1/s1. The van der Waals surface area contributed by atoms with Crippen LogP contribution in [0.2, 0.25) is 5.02 Å². The van der Waals surface area contributed by atoms with Crippen molar-refractivity contribution in [1.29, 1.82) is 0 Å². The molecule has 3 aromatic rings. The van der Waals surface area contributed by atoms with Crippen LogP contribution in [0, 0.1) is 6.92 Å². The van der Waals surface area contributed by atoms with Crippen LogP contribution in [0.3, 0.4) is 0 Å². The third-order valence-corrected chi connectivity index (χ3v) is 7.32. The molecule has 2 aromatic heterocycles. The minimum absolute atomic E-state index is 0.229.